The molecule has 0 aromatic rings. The molecule has 0 fully saturated rings. The maximum absolute atomic E-state index is 11.4. The molecule has 0 saturated heterocycles. The van der Waals surface area contributed by atoms with Crippen molar-refractivity contribution in [3.8, 4) is 0 Å². The summed E-state index contributed by atoms with van der Waals surface area (Å²) in [6, 6.07) is 0. The Kier molecular flexibility index (Phi) is 28.2. The molecule has 1 atom stereocenters. The second-order valence-electron chi connectivity index (χ2n) is 8.78. The third-order valence-electron chi connectivity index (χ3n) is 5.97. The molecule has 0 aromatic heterocycles. The van der Waals surface area contributed by atoms with Crippen molar-refractivity contribution < 1.29 is 69.5 Å². The third-order valence-corrected chi connectivity index (χ3v) is 7.26. The minimum Gasteiger partial charge on any atom is -0.748 e. The number of hydrogen-bond acceptors (Lipinski definition) is 4. The topological polar surface area (TPSA) is 77.4 Å². The molecule has 0 saturated carbocycles. The van der Waals surface area contributed by atoms with Gasteiger partial charge >= 0.3 is 51.4 Å². The number of hydrogen-bond donors (Lipinski definition) is 1. The third kappa shape index (κ3) is 24.2. The van der Waals surface area contributed by atoms with Crippen LogP contribution in [0.3, 0.4) is 0 Å². The summed E-state index contributed by atoms with van der Waals surface area (Å²) in [6.07, 6.45) is 23.6. The van der Waals surface area contributed by atoms with Crippen LogP contribution < -0.4 is 51.4 Å². The Morgan fingerprint density at radius 2 is 0.900 bits per heavy atom. The summed E-state index contributed by atoms with van der Waals surface area (Å²) in [5, 5.41) is 8.07. The maximum atomic E-state index is 11.4. The monoisotopic (exact) mass is 472 g/mol. The van der Waals surface area contributed by atoms with Crippen LogP contribution in [0, 0.1) is 0 Å². The van der Waals surface area contributed by atoms with Gasteiger partial charge in [0.25, 0.3) is 0 Å². The van der Waals surface area contributed by atoms with Crippen LogP contribution >= 0.6 is 0 Å². The Balaban J connectivity index is 0. The predicted molar refractivity (Wildman–Crippen MR) is 123 cm³/mol. The molecule has 4 nitrogen and oxygen atoms in total. The molecule has 0 spiro atoms. The van der Waals surface area contributed by atoms with E-state index in [0.717, 1.165) is 51.4 Å². The zero-order chi connectivity index (χ0) is 21.6. The molecule has 6 heteroatoms. The first-order valence-corrected chi connectivity index (χ1v) is 14.0. The van der Waals surface area contributed by atoms with Crippen LogP contribution in [0.2, 0.25) is 0 Å². The first-order valence-electron chi connectivity index (χ1n) is 12.6. The molecular formula is C24H49KO4S. The molecule has 0 amide bonds. The van der Waals surface area contributed by atoms with Crippen LogP contribution in [0.1, 0.15) is 142 Å². The Morgan fingerprint density at radius 1 is 0.600 bits per heavy atom. The zero-order valence-corrected chi connectivity index (χ0v) is 24.2. The summed E-state index contributed by atoms with van der Waals surface area (Å²) < 4.78 is 34.3. The second kappa shape index (κ2) is 25.1. The van der Waals surface area contributed by atoms with E-state index in [1.165, 1.54) is 70.6 Å². The van der Waals surface area contributed by atoms with Crippen molar-refractivity contribution in [2.45, 2.75) is 147 Å². The Bertz CT molecular complexity index is 429. The summed E-state index contributed by atoms with van der Waals surface area (Å²) >= 11 is 0. The molecule has 1 unspecified atom stereocenters. The molecule has 0 aromatic carbocycles. The van der Waals surface area contributed by atoms with Gasteiger partial charge in [-0.25, -0.2) is 8.42 Å². The quantitative estimate of drug-likeness (QED) is 0.138. The van der Waals surface area contributed by atoms with Gasteiger partial charge in [0.05, 0.1) is 10.1 Å². The summed E-state index contributed by atoms with van der Waals surface area (Å²) in [5.41, 5.74) is 0. The van der Waals surface area contributed by atoms with Crippen LogP contribution in [0.25, 0.3) is 0 Å². The first-order chi connectivity index (χ1) is 14.0. The van der Waals surface area contributed by atoms with Crippen molar-refractivity contribution in [2.75, 3.05) is 6.61 Å². The fraction of sp³-hybridized carbons (Fsp3) is 1.00. The van der Waals surface area contributed by atoms with Gasteiger partial charge in [0.2, 0.25) is 0 Å². The molecule has 0 heterocycles. The average molecular weight is 473 g/mol. The van der Waals surface area contributed by atoms with E-state index < -0.39 is 15.4 Å². The molecule has 0 aliphatic heterocycles. The van der Waals surface area contributed by atoms with E-state index in [1.54, 1.807) is 0 Å². The van der Waals surface area contributed by atoms with Crippen LogP contribution in [-0.4, -0.2) is 29.9 Å². The van der Waals surface area contributed by atoms with Gasteiger partial charge in [-0.3, -0.25) is 0 Å². The van der Waals surface area contributed by atoms with E-state index in [-0.39, 0.29) is 51.4 Å². The molecule has 0 rings (SSSR count). The van der Waals surface area contributed by atoms with Crippen LogP contribution in [0.15, 0.2) is 0 Å². The van der Waals surface area contributed by atoms with Gasteiger partial charge in [0, 0.05) is 11.9 Å². The number of aliphatic hydroxyl groups excluding tert-OH is 1. The first kappa shape index (κ1) is 33.7. The number of unbranched alkanes of at least 4 members (excludes halogenated alkanes) is 17. The predicted octanol–water partition coefficient (Wildman–Crippen LogP) is 4.11. The van der Waals surface area contributed by atoms with Gasteiger partial charge in [0.15, 0.2) is 0 Å². The van der Waals surface area contributed by atoms with Gasteiger partial charge in [-0.2, -0.15) is 0 Å². The van der Waals surface area contributed by atoms with E-state index >= 15 is 0 Å². The Hall–Kier alpha value is 1.51. The zero-order valence-electron chi connectivity index (χ0n) is 20.2. The van der Waals surface area contributed by atoms with Crippen molar-refractivity contribution in [1.29, 1.82) is 0 Å². The SMILES string of the molecule is CCCCCCC(CCCCCCCCCCCCCCCCCO)S(=O)(=O)[O-].[K+]. The molecule has 30 heavy (non-hydrogen) atoms. The normalized spacial score (nSPS) is 12.6. The van der Waals surface area contributed by atoms with Gasteiger partial charge in [-0.1, -0.05) is 122 Å². The smallest absolute Gasteiger partial charge is 0.748 e. The maximum Gasteiger partial charge on any atom is 1.00 e. The van der Waals surface area contributed by atoms with Crippen molar-refractivity contribution in [1.82, 2.24) is 0 Å². The minimum absolute atomic E-state index is 0. The average Bonchev–Trinajstić information content (AvgIpc) is 2.68. The van der Waals surface area contributed by atoms with E-state index in [2.05, 4.69) is 6.92 Å². The Morgan fingerprint density at radius 3 is 1.20 bits per heavy atom. The summed E-state index contributed by atoms with van der Waals surface area (Å²) in [6.45, 7) is 2.47. The molecule has 0 aliphatic carbocycles. The largest absolute Gasteiger partial charge is 1.00 e. The van der Waals surface area contributed by atoms with E-state index in [4.69, 9.17) is 5.11 Å². The van der Waals surface area contributed by atoms with Crippen molar-refractivity contribution >= 4 is 10.1 Å². The Labute approximate surface area is 230 Å². The van der Waals surface area contributed by atoms with E-state index in [0.29, 0.717) is 19.4 Å². The summed E-state index contributed by atoms with van der Waals surface area (Å²) in [5.74, 6) is 0. The van der Waals surface area contributed by atoms with Gasteiger partial charge in [-0.05, 0) is 19.3 Å². The van der Waals surface area contributed by atoms with Crippen LogP contribution in [0.5, 0.6) is 0 Å². The van der Waals surface area contributed by atoms with Crippen molar-refractivity contribution in [3.05, 3.63) is 0 Å². The fourth-order valence-electron chi connectivity index (χ4n) is 4.01. The molecule has 176 valence electrons. The standard InChI is InChI=1S/C24H50O4S.K/c1-2-3-4-18-21-24(29(26,27)28)22-19-16-14-12-10-8-6-5-7-9-11-13-15-17-20-23-25;/h24-25H,2-23H2,1H3,(H,26,27,28);/q;+1/p-1. The second-order valence-corrected chi connectivity index (χ2v) is 10.4. The summed E-state index contributed by atoms with van der Waals surface area (Å²) in [4.78, 5) is 0. The van der Waals surface area contributed by atoms with E-state index in [9.17, 15) is 13.0 Å². The molecule has 0 radical (unpaired) electrons. The van der Waals surface area contributed by atoms with Gasteiger partial charge in [-0.15, -0.1) is 0 Å². The molecule has 0 bridgehead atoms. The van der Waals surface area contributed by atoms with Gasteiger partial charge < -0.3 is 9.66 Å². The van der Waals surface area contributed by atoms with E-state index in [1.807, 2.05) is 0 Å². The molecular weight excluding hydrogens is 423 g/mol. The van der Waals surface area contributed by atoms with Crippen molar-refractivity contribution in [2.24, 2.45) is 0 Å². The molecule has 1 N–H and O–H groups in total. The number of rotatable bonds is 23. The van der Waals surface area contributed by atoms with Crippen LogP contribution in [-0.2, 0) is 10.1 Å². The minimum atomic E-state index is -4.13. The van der Waals surface area contributed by atoms with Crippen LogP contribution in [0.4, 0.5) is 0 Å². The fourth-order valence-corrected chi connectivity index (χ4v) is 4.92. The summed E-state index contributed by atoms with van der Waals surface area (Å²) in [7, 11) is -4.13. The molecule has 0 aliphatic rings. The van der Waals surface area contributed by atoms with Gasteiger partial charge in [0.1, 0.15) is 0 Å². The van der Waals surface area contributed by atoms with Crippen molar-refractivity contribution in [3.63, 3.8) is 0 Å². The number of aliphatic hydroxyl groups is 1.